The zero-order valence-electron chi connectivity index (χ0n) is 14.8. The van der Waals surface area contributed by atoms with Gasteiger partial charge in [-0.2, -0.15) is 0 Å². The molecule has 4 heteroatoms. The van der Waals surface area contributed by atoms with Crippen molar-refractivity contribution in [3.8, 4) is 0 Å². The zero-order chi connectivity index (χ0) is 16.7. The molecule has 4 nitrogen and oxygen atoms in total. The van der Waals surface area contributed by atoms with Crippen LogP contribution in [0, 0.1) is 12.8 Å². The van der Waals surface area contributed by atoms with E-state index >= 15 is 0 Å². The van der Waals surface area contributed by atoms with E-state index in [2.05, 4.69) is 41.0 Å². The van der Waals surface area contributed by atoms with Crippen molar-refractivity contribution in [2.45, 2.75) is 44.7 Å². The third-order valence-electron chi connectivity index (χ3n) is 6.25. The molecule has 0 unspecified atom stereocenters. The Labute approximate surface area is 144 Å². The number of fused-ring (bicyclic) bond motifs is 2. The maximum Gasteiger partial charge on any atom is 0.248 e. The molecule has 4 aliphatic rings. The summed E-state index contributed by atoms with van der Waals surface area (Å²) in [4.78, 5) is 17.5. The van der Waals surface area contributed by atoms with Crippen LogP contribution in [0.4, 0.5) is 0 Å². The van der Waals surface area contributed by atoms with Crippen molar-refractivity contribution in [1.82, 2.24) is 9.80 Å². The molecule has 0 spiro atoms. The highest BCUT2D eigenvalue weighted by Crippen LogP contribution is 2.46. The summed E-state index contributed by atoms with van der Waals surface area (Å²) in [5.41, 5.74) is 2.68. The molecular formula is C20H28N2O2. The maximum atomic E-state index is 12.7. The quantitative estimate of drug-likeness (QED) is 0.851. The lowest BCUT2D eigenvalue weighted by Gasteiger charge is -2.51. The van der Waals surface area contributed by atoms with Crippen molar-refractivity contribution < 1.29 is 9.53 Å². The van der Waals surface area contributed by atoms with Crippen LogP contribution in [0.5, 0.6) is 0 Å². The largest absolute Gasteiger partial charge is 0.372 e. The van der Waals surface area contributed by atoms with Gasteiger partial charge in [-0.05, 0) is 51.3 Å². The Balaban J connectivity index is 1.63. The second-order valence-electron chi connectivity index (χ2n) is 7.55. The van der Waals surface area contributed by atoms with E-state index in [1.54, 1.807) is 0 Å². The van der Waals surface area contributed by atoms with Gasteiger partial charge in [0.15, 0.2) is 0 Å². The van der Waals surface area contributed by atoms with E-state index in [9.17, 15) is 4.79 Å². The molecule has 4 heterocycles. The number of rotatable bonds is 4. The van der Waals surface area contributed by atoms with E-state index < -0.39 is 0 Å². The van der Waals surface area contributed by atoms with E-state index in [0.29, 0.717) is 30.5 Å². The summed E-state index contributed by atoms with van der Waals surface area (Å²) in [6.07, 6.45) is 2.47. The molecule has 3 atom stereocenters. The number of nitrogens with zero attached hydrogens (tertiary/aromatic N) is 2. The number of amides is 1. The normalized spacial score (nSPS) is 34.4. The van der Waals surface area contributed by atoms with Crippen LogP contribution in [-0.2, 0) is 9.53 Å². The number of piperidine rings is 3. The molecule has 4 saturated heterocycles. The van der Waals surface area contributed by atoms with Gasteiger partial charge in [-0.3, -0.25) is 9.69 Å². The minimum atomic E-state index is 0.176. The van der Waals surface area contributed by atoms with Gasteiger partial charge < -0.3 is 9.64 Å². The summed E-state index contributed by atoms with van der Waals surface area (Å²) in [6, 6.07) is 9.79. The Bertz CT molecular complexity index is 592. The van der Waals surface area contributed by atoms with Gasteiger partial charge in [0.2, 0.25) is 5.91 Å². The van der Waals surface area contributed by atoms with E-state index in [1.165, 1.54) is 37.1 Å². The Morgan fingerprint density at radius 2 is 1.88 bits per heavy atom. The summed E-state index contributed by atoms with van der Waals surface area (Å²) in [7, 11) is 0. The van der Waals surface area contributed by atoms with Crippen molar-refractivity contribution >= 4 is 5.91 Å². The van der Waals surface area contributed by atoms with Crippen molar-refractivity contribution in [1.29, 1.82) is 0 Å². The maximum absolute atomic E-state index is 12.7. The summed E-state index contributed by atoms with van der Waals surface area (Å²) in [5.74, 6) is 1.28. The van der Waals surface area contributed by atoms with Crippen LogP contribution < -0.4 is 0 Å². The van der Waals surface area contributed by atoms with E-state index in [0.717, 1.165) is 6.54 Å². The van der Waals surface area contributed by atoms with E-state index in [4.69, 9.17) is 4.74 Å². The predicted molar refractivity (Wildman–Crippen MR) is 94.0 cm³/mol. The molecular weight excluding hydrogens is 300 g/mol. The fourth-order valence-electron chi connectivity index (χ4n) is 5.08. The number of hydrogen-bond acceptors (Lipinski definition) is 3. The molecule has 4 aliphatic heterocycles. The molecule has 0 aliphatic carbocycles. The van der Waals surface area contributed by atoms with Crippen LogP contribution in [0.25, 0.3) is 0 Å². The minimum Gasteiger partial charge on any atom is -0.372 e. The number of likely N-dealkylation sites (tertiary alicyclic amines) is 1. The Kier molecular flexibility index (Phi) is 4.35. The Morgan fingerprint density at radius 3 is 2.54 bits per heavy atom. The summed E-state index contributed by atoms with van der Waals surface area (Å²) >= 11 is 0. The first-order valence-electron chi connectivity index (χ1n) is 9.37. The molecule has 24 heavy (non-hydrogen) atoms. The molecule has 0 saturated carbocycles. The lowest BCUT2D eigenvalue weighted by Crippen LogP contribution is -2.61. The first kappa shape index (κ1) is 16.1. The average molecular weight is 328 g/mol. The standard InChI is InChI=1S/C20H28N2O2/c1-3-24-13-18(23)22-12-17(15-6-4-14(2)5-7-15)20-19(22)16-8-10-21(20)11-9-16/h4-7,16-17,19-20H,3,8-13H2,1-2H3/t17-,19-,20-/m1/s1. The summed E-state index contributed by atoms with van der Waals surface area (Å²) in [5, 5.41) is 0. The second-order valence-corrected chi connectivity index (χ2v) is 7.55. The molecule has 1 amide bonds. The third-order valence-corrected chi connectivity index (χ3v) is 6.25. The summed E-state index contributed by atoms with van der Waals surface area (Å²) < 4.78 is 5.42. The zero-order valence-corrected chi connectivity index (χ0v) is 14.8. The highest BCUT2D eigenvalue weighted by Gasteiger charge is 2.54. The highest BCUT2D eigenvalue weighted by atomic mass is 16.5. The SMILES string of the molecule is CCOCC(=O)N1C[C@H](c2ccc(C)cc2)[C@@H]2[C@H]1C1CCN2CC1. The molecule has 1 aromatic rings. The Morgan fingerprint density at radius 1 is 1.17 bits per heavy atom. The molecule has 2 bridgehead atoms. The van der Waals surface area contributed by atoms with Crippen LogP contribution in [0.2, 0.25) is 0 Å². The highest BCUT2D eigenvalue weighted by molar-refractivity contribution is 5.78. The van der Waals surface area contributed by atoms with Crippen LogP contribution in [0.15, 0.2) is 24.3 Å². The van der Waals surface area contributed by atoms with Gasteiger partial charge in [-0.1, -0.05) is 29.8 Å². The fourth-order valence-corrected chi connectivity index (χ4v) is 5.08. The Hall–Kier alpha value is -1.39. The monoisotopic (exact) mass is 328 g/mol. The number of benzene rings is 1. The van der Waals surface area contributed by atoms with Crippen LogP contribution in [-0.4, -0.2) is 60.6 Å². The molecule has 1 aromatic carbocycles. The van der Waals surface area contributed by atoms with Gasteiger partial charge in [-0.25, -0.2) is 0 Å². The lowest BCUT2D eigenvalue weighted by atomic mass is 9.75. The van der Waals surface area contributed by atoms with Gasteiger partial charge in [0.25, 0.3) is 0 Å². The topological polar surface area (TPSA) is 32.8 Å². The summed E-state index contributed by atoms with van der Waals surface area (Å²) in [6.45, 7) is 8.15. The average Bonchev–Trinajstić information content (AvgIpc) is 3.04. The number of carbonyl (C=O) groups is 1. The smallest absolute Gasteiger partial charge is 0.248 e. The molecule has 5 rings (SSSR count). The molecule has 4 fully saturated rings. The van der Waals surface area contributed by atoms with Gasteiger partial charge >= 0.3 is 0 Å². The molecule has 0 radical (unpaired) electrons. The van der Waals surface area contributed by atoms with Crippen LogP contribution in [0.1, 0.15) is 36.8 Å². The van der Waals surface area contributed by atoms with Crippen molar-refractivity contribution in [2.24, 2.45) is 5.92 Å². The van der Waals surface area contributed by atoms with Gasteiger partial charge in [0, 0.05) is 25.1 Å². The molecule has 0 aromatic heterocycles. The van der Waals surface area contributed by atoms with Crippen molar-refractivity contribution in [3.05, 3.63) is 35.4 Å². The van der Waals surface area contributed by atoms with Crippen molar-refractivity contribution in [3.63, 3.8) is 0 Å². The minimum absolute atomic E-state index is 0.176. The van der Waals surface area contributed by atoms with Crippen molar-refractivity contribution in [2.75, 3.05) is 32.8 Å². The number of ether oxygens (including phenoxy) is 1. The second kappa shape index (κ2) is 6.49. The molecule has 130 valence electrons. The van der Waals surface area contributed by atoms with Crippen LogP contribution >= 0.6 is 0 Å². The van der Waals surface area contributed by atoms with Gasteiger partial charge in [0.05, 0.1) is 6.04 Å². The number of aryl methyl sites for hydroxylation is 1. The number of carbonyl (C=O) groups excluding carboxylic acids is 1. The third kappa shape index (κ3) is 2.66. The first-order valence-corrected chi connectivity index (χ1v) is 9.37. The fraction of sp³-hybridized carbons (Fsp3) is 0.650. The van der Waals surface area contributed by atoms with Crippen LogP contribution in [0.3, 0.4) is 0 Å². The predicted octanol–water partition coefficient (Wildman–Crippen LogP) is 2.42. The number of hydrogen-bond donors (Lipinski definition) is 0. The first-order chi connectivity index (χ1) is 11.7. The molecule has 0 N–H and O–H groups in total. The van der Waals surface area contributed by atoms with Gasteiger partial charge in [-0.15, -0.1) is 0 Å². The lowest BCUT2D eigenvalue weighted by molar-refractivity contribution is -0.140. The van der Waals surface area contributed by atoms with E-state index in [1.807, 2.05) is 6.92 Å². The van der Waals surface area contributed by atoms with E-state index in [-0.39, 0.29) is 12.5 Å². The van der Waals surface area contributed by atoms with Gasteiger partial charge in [0.1, 0.15) is 6.61 Å².